The molecule has 110 valence electrons. The van der Waals surface area contributed by atoms with E-state index in [2.05, 4.69) is 56.3 Å². The lowest BCUT2D eigenvalue weighted by molar-refractivity contribution is 0.210. The van der Waals surface area contributed by atoms with Gasteiger partial charge in [0.05, 0.1) is 0 Å². The zero-order valence-corrected chi connectivity index (χ0v) is 12.8. The molecule has 2 N–H and O–H groups in total. The van der Waals surface area contributed by atoms with Crippen LogP contribution in [0.25, 0.3) is 0 Å². The number of aryl methyl sites for hydroxylation is 2. The van der Waals surface area contributed by atoms with Crippen LogP contribution in [0.2, 0.25) is 0 Å². The number of fused-ring (bicyclic) bond motifs is 1. The van der Waals surface area contributed by atoms with Crippen molar-refractivity contribution in [3.05, 3.63) is 64.7 Å². The average molecular weight is 281 g/mol. The molecule has 0 saturated heterocycles. The van der Waals surface area contributed by atoms with E-state index in [1.807, 2.05) is 0 Å². The highest BCUT2D eigenvalue weighted by atomic mass is 16.5. The minimum Gasteiger partial charge on any atom is -0.490 e. The molecule has 0 spiro atoms. The second kappa shape index (κ2) is 5.90. The standard InChI is InChI=1S/C19H23NO/c1-13-4-3-5-15(8-13)17(12-20)11-18-10-16-9-14(2)6-7-19(16)21-18/h3-9,17-18H,10-12,20H2,1-2H3. The molecule has 21 heavy (non-hydrogen) atoms. The number of hydrogen-bond donors (Lipinski definition) is 1. The number of hydrogen-bond acceptors (Lipinski definition) is 2. The number of nitrogens with two attached hydrogens (primary N) is 1. The van der Waals surface area contributed by atoms with Gasteiger partial charge in [0, 0.05) is 6.42 Å². The van der Waals surface area contributed by atoms with Crippen LogP contribution < -0.4 is 10.5 Å². The Morgan fingerprint density at radius 2 is 1.95 bits per heavy atom. The molecule has 0 fully saturated rings. The van der Waals surface area contributed by atoms with Crippen molar-refractivity contribution in [1.82, 2.24) is 0 Å². The van der Waals surface area contributed by atoms with E-state index in [4.69, 9.17) is 10.5 Å². The number of ether oxygens (including phenoxy) is 1. The van der Waals surface area contributed by atoms with Gasteiger partial charge in [-0.15, -0.1) is 0 Å². The Kier molecular flexibility index (Phi) is 3.98. The number of rotatable bonds is 4. The zero-order chi connectivity index (χ0) is 14.8. The number of benzene rings is 2. The first kappa shape index (κ1) is 14.2. The minimum absolute atomic E-state index is 0.246. The van der Waals surface area contributed by atoms with Crippen LogP contribution in [0.5, 0.6) is 5.75 Å². The third kappa shape index (κ3) is 3.11. The molecule has 0 aliphatic carbocycles. The van der Waals surface area contributed by atoms with Gasteiger partial charge in [-0.3, -0.25) is 0 Å². The smallest absolute Gasteiger partial charge is 0.123 e. The van der Waals surface area contributed by atoms with Crippen LogP contribution >= 0.6 is 0 Å². The zero-order valence-electron chi connectivity index (χ0n) is 12.8. The van der Waals surface area contributed by atoms with Gasteiger partial charge in [0.25, 0.3) is 0 Å². The van der Waals surface area contributed by atoms with E-state index in [1.54, 1.807) is 0 Å². The van der Waals surface area contributed by atoms with E-state index in [0.717, 1.165) is 18.6 Å². The fraction of sp³-hybridized carbons (Fsp3) is 0.368. The summed E-state index contributed by atoms with van der Waals surface area (Å²) in [6, 6.07) is 15.1. The average Bonchev–Trinajstić information content (AvgIpc) is 2.86. The third-order valence-corrected chi connectivity index (χ3v) is 4.30. The van der Waals surface area contributed by atoms with Crippen molar-refractivity contribution in [2.24, 2.45) is 5.73 Å². The van der Waals surface area contributed by atoms with Crippen LogP contribution in [0, 0.1) is 13.8 Å². The summed E-state index contributed by atoms with van der Waals surface area (Å²) in [7, 11) is 0. The molecular formula is C19H23NO. The van der Waals surface area contributed by atoms with Crippen LogP contribution in [0.15, 0.2) is 42.5 Å². The highest BCUT2D eigenvalue weighted by Gasteiger charge is 2.26. The Bertz CT molecular complexity index is 635. The van der Waals surface area contributed by atoms with Crippen LogP contribution in [0.1, 0.15) is 34.6 Å². The van der Waals surface area contributed by atoms with Crippen molar-refractivity contribution in [2.75, 3.05) is 6.54 Å². The van der Waals surface area contributed by atoms with Crippen LogP contribution in [-0.2, 0) is 6.42 Å². The lowest BCUT2D eigenvalue weighted by atomic mass is 9.91. The van der Waals surface area contributed by atoms with Gasteiger partial charge in [0.1, 0.15) is 11.9 Å². The van der Waals surface area contributed by atoms with Crippen LogP contribution in [-0.4, -0.2) is 12.6 Å². The van der Waals surface area contributed by atoms with Gasteiger partial charge in [-0.1, -0.05) is 47.5 Å². The largest absolute Gasteiger partial charge is 0.490 e. The van der Waals surface area contributed by atoms with Gasteiger partial charge in [0.15, 0.2) is 0 Å². The van der Waals surface area contributed by atoms with E-state index in [0.29, 0.717) is 12.5 Å². The van der Waals surface area contributed by atoms with Gasteiger partial charge in [0.2, 0.25) is 0 Å². The van der Waals surface area contributed by atoms with Gasteiger partial charge in [-0.25, -0.2) is 0 Å². The monoisotopic (exact) mass is 281 g/mol. The molecule has 1 aliphatic heterocycles. The van der Waals surface area contributed by atoms with Gasteiger partial charge < -0.3 is 10.5 Å². The van der Waals surface area contributed by atoms with Crippen molar-refractivity contribution in [2.45, 2.75) is 38.7 Å². The first-order valence-electron chi connectivity index (χ1n) is 7.68. The quantitative estimate of drug-likeness (QED) is 0.926. The van der Waals surface area contributed by atoms with Crippen molar-refractivity contribution >= 4 is 0 Å². The fourth-order valence-corrected chi connectivity index (χ4v) is 3.19. The van der Waals surface area contributed by atoms with E-state index >= 15 is 0 Å². The topological polar surface area (TPSA) is 35.2 Å². The Labute approximate surface area is 126 Å². The maximum absolute atomic E-state index is 6.09. The molecule has 3 rings (SSSR count). The van der Waals surface area contributed by atoms with Crippen molar-refractivity contribution in [3.63, 3.8) is 0 Å². The van der Waals surface area contributed by atoms with Crippen molar-refractivity contribution in [3.8, 4) is 5.75 Å². The Hall–Kier alpha value is -1.80. The molecule has 0 bridgehead atoms. The molecule has 2 atom stereocenters. The molecule has 1 heterocycles. The Balaban J connectivity index is 1.72. The summed E-state index contributed by atoms with van der Waals surface area (Å²) in [5.41, 5.74) is 11.3. The molecule has 2 aromatic carbocycles. The SMILES string of the molecule is Cc1cccc(C(CN)CC2Cc3cc(C)ccc3O2)c1. The van der Waals surface area contributed by atoms with Crippen LogP contribution in [0.4, 0.5) is 0 Å². The summed E-state index contributed by atoms with van der Waals surface area (Å²) in [6.07, 6.45) is 2.23. The molecular weight excluding hydrogens is 258 g/mol. The summed E-state index contributed by atoms with van der Waals surface area (Å²) in [6.45, 7) is 4.92. The molecule has 2 unspecified atom stereocenters. The Morgan fingerprint density at radius 1 is 1.14 bits per heavy atom. The summed E-state index contributed by atoms with van der Waals surface area (Å²) in [5, 5.41) is 0. The third-order valence-electron chi connectivity index (χ3n) is 4.30. The lowest BCUT2D eigenvalue weighted by Gasteiger charge is -2.20. The summed E-state index contributed by atoms with van der Waals surface area (Å²) in [4.78, 5) is 0. The maximum atomic E-state index is 6.09. The highest BCUT2D eigenvalue weighted by Crippen LogP contribution is 2.33. The van der Waals surface area contributed by atoms with Crippen molar-refractivity contribution in [1.29, 1.82) is 0 Å². The van der Waals surface area contributed by atoms with Gasteiger partial charge >= 0.3 is 0 Å². The maximum Gasteiger partial charge on any atom is 0.123 e. The normalized spacial score (nSPS) is 18.1. The first-order chi connectivity index (χ1) is 10.2. The highest BCUT2D eigenvalue weighted by molar-refractivity contribution is 5.40. The first-order valence-corrected chi connectivity index (χ1v) is 7.68. The van der Waals surface area contributed by atoms with Gasteiger partial charge in [-0.05, 0) is 49.9 Å². The molecule has 0 saturated carbocycles. The van der Waals surface area contributed by atoms with E-state index < -0.39 is 0 Å². The van der Waals surface area contributed by atoms with E-state index in [9.17, 15) is 0 Å². The predicted octanol–water partition coefficient (Wildman–Crippen LogP) is 3.74. The molecule has 1 aliphatic rings. The predicted molar refractivity (Wildman–Crippen MR) is 86.9 cm³/mol. The van der Waals surface area contributed by atoms with E-state index in [-0.39, 0.29) is 6.10 Å². The second-order valence-corrected chi connectivity index (χ2v) is 6.14. The molecule has 2 aromatic rings. The van der Waals surface area contributed by atoms with Crippen LogP contribution in [0.3, 0.4) is 0 Å². The minimum atomic E-state index is 0.246. The molecule has 2 heteroatoms. The van der Waals surface area contributed by atoms with Gasteiger partial charge in [-0.2, -0.15) is 0 Å². The Morgan fingerprint density at radius 3 is 2.71 bits per heavy atom. The summed E-state index contributed by atoms with van der Waals surface area (Å²) in [5.74, 6) is 1.41. The molecule has 2 nitrogen and oxygen atoms in total. The lowest BCUT2D eigenvalue weighted by Crippen LogP contribution is -2.22. The second-order valence-electron chi connectivity index (χ2n) is 6.14. The fourth-order valence-electron chi connectivity index (χ4n) is 3.19. The summed E-state index contributed by atoms with van der Waals surface area (Å²) < 4.78 is 6.09. The molecule has 0 amide bonds. The summed E-state index contributed by atoms with van der Waals surface area (Å²) >= 11 is 0. The molecule has 0 radical (unpaired) electrons. The van der Waals surface area contributed by atoms with Crippen molar-refractivity contribution < 1.29 is 4.74 Å². The molecule has 0 aromatic heterocycles. The van der Waals surface area contributed by atoms with E-state index in [1.165, 1.54) is 22.3 Å².